The molecule has 0 atom stereocenters. The Morgan fingerprint density at radius 1 is 1.28 bits per heavy atom. The number of benzene rings is 1. The van der Waals surface area contributed by atoms with Crippen LogP contribution in [0.2, 0.25) is 0 Å². The van der Waals surface area contributed by atoms with Gasteiger partial charge in [0.2, 0.25) is 0 Å². The molecule has 5 nitrogen and oxygen atoms in total. The largest absolute Gasteiger partial charge is 0.573 e. The summed E-state index contributed by atoms with van der Waals surface area (Å²) in [4.78, 5) is 6.32. The first-order valence-corrected chi connectivity index (χ1v) is 8.33. The van der Waals surface area contributed by atoms with Crippen molar-refractivity contribution in [3.05, 3.63) is 29.8 Å². The van der Waals surface area contributed by atoms with Crippen LogP contribution in [0.25, 0.3) is 0 Å². The van der Waals surface area contributed by atoms with E-state index in [2.05, 4.69) is 19.9 Å². The van der Waals surface area contributed by atoms with E-state index < -0.39 is 6.36 Å². The number of para-hydroxylation sites is 1. The van der Waals surface area contributed by atoms with Gasteiger partial charge in [0.15, 0.2) is 5.96 Å². The zero-order valence-electron chi connectivity index (χ0n) is 14.5. The van der Waals surface area contributed by atoms with Crippen molar-refractivity contribution < 1.29 is 22.6 Å². The number of piperidine rings is 1. The second-order valence-corrected chi connectivity index (χ2v) is 5.70. The average molecular weight is 359 g/mol. The highest BCUT2D eigenvalue weighted by Gasteiger charge is 2.32. The quantitative estimate of drug-likeness (QED) is 0.648. The zero-order valence-corrected chi connectivity index (χ0v) is 14.5. The summed E-state index contributed by atoms with van der Waals surface area (Å²) >= 11 is 0. The molecule has 1 aliphatic heterocycles. The summed E-state index contributed by atoms with van der Waals surface area (Å²) in [5.74, 6) is 0.463. The van der Waals surface area contributed by atoms with Crippen molar-refractivity contribution in [2.75, 3.05) is 26.7 Å². The molecule has 1 aromatic carbocycles. The number of rotatable bonds is 5. The molecular weight excluding hydrogens is 335 g/mol. The van der Waals surface area contributed by atoms with Crippen LogP contribution < -0.4 is 10.1 Å². The monoisotopic (exact) mass is 359 g/mol. The Morgan fingerprint density at radius 3 is 2.56 bits per heavy atom. The second-order valence-electron chi connectivity index (χ2n) is 5.70. The predicted octanol–water partition coefficient (Wildman–Crippen LogP) is 3.16. The van der Waals surface area contributed by atoms with Crippen molar-refractivity contribution in [2.24, 2.45) is 4.99 Å². The fourth-order valence-electron chi connectivity index (χ4n) is 2.85. The van der Waals surface area contributed by atoms with Crippen LogP contribution >= 0.6 is 0 Å². The molecule has 1 aliphatic rings. The summed E-state index contributed by atoms with van der Waals surface area (Å²) in [6.45, 7) is 4.47. The fraction of sp³-hybridized carbons (Fsp3) is 0.588. The normalized spacial score (nSPS) is 16.8. The van der Waals surface area contributed by atoms with Gasteiger partial charge < -0.3 is 19.7 Å². The smallest absolute Gasteiger partial charge is 0.405 e. The van der Waals surface area contributed by atoms with Gasteiger partial charge in [0, 0.05) is 38.9 Å². The van der Waals surface area contributed by atoms with Crippen molar-refractivity contribution >= 4 is 5.96 Å². The molecule has 8 heteroatoms. The number of guanidine groups is 1. The van der Waals surface area contributed by atoms with Gasteiger partial charge in [-0.25, -0.2) is 0 Å². The van der Waals surface area contributed by atoms with Crippen LogP contribution in [-0.2, 0) is 11.3 Å². The van der Waals surface area contributed by atoms with E-state index >= 15 is 0 Å². The molecule has 0 aromatic heterocycles. The third-order valence-corrected chi connectivity index (χ3v) is 3.99. The molecule has 2 rings (SSSR count). The van der Waals surface area contributed by atoms with E-state index in [1.54, 1.807) is 19.2 Å². The number of likely N-dealkylation sites (tertiary alicyclic amines) is 1. The van der Waals surface area contributed by atoms with Gasteiger partial charge in [-0.1, -0.05) is 18.2 Å². The van der Waals surface area contributed by atoms with E-state index in [9.17, 15) is 13.2 Å². The Morgan fingerprint density at radius 2 is 1.96 bits per heavy atom. The number of alkyl halides is 3. The lowest BCUT2D eigenvalue weighted by Crippen LogP contribution is -2.46. The number of hydrogen-bond acceptors (Lipinski definition) is 3. The third-order valence-electron chi connectivity index (χ3n) is 3.99. The van der Waals surface area contributed by atoms with Crippen molar-refractivity contribution in [1.82, 2.24) is 10.2 Å². The Labute approximate surface area is 145 Å². The highest BCUT2D eigenvalue weighted by molar-refractivity contribution is 5.80. The van der Waals surface area contributed by atoms with Gasteiger partial charge in [0.25, 0.3) is 0 Å². The van der Waals surface area contributed by atoms with Crippen LogP contribution in [0.15, 0.2) is 29.3 Å². The minimum Gasteiger partial charge on any atom is -0.405 e. The topological polar surface area (TPSA) is 46.1 Å². The third kappa shape index (κ3) is 6.12. The van der Waals surface area contributed by atoms with E-state index in [0.29, 0.717) is 18.1 Å². The molecule has 0 radical (unpaired) electrons. The maximum Gasteiger partial charge on any atom is 0.573 e. The van der Waals surface area contributed by atoms with Crippen LogP contribution in [0.3, 0.4) is 0 Å². The van der Waals surface area contributed by atoms with Gasteiger partial charge >= 0.3 is 6.36 Å². The summed E-state index contributed by atoms with van der Waals surface area (Å²) in [6, 6.07) is 6.10. The molecule has 0 spiro atoms. The molecule has 0 amide bonds. The summed E-state index contributed by atoms with van der Waals surface area (Å²) in [7, 11) is 1.66. The predicted molar refractivity (Wildman–Crippen MR) is 89.5 cm³/mol. The van der Waals surface area contributed by atoms with Gasteiger partial charge in [-0.3, -0.25) is 4.99 Å². The molecule has 25 heavy (non-hydrogen) atoms. The molecule has 0 bridgehead atoms. The van der Waals surface area contributed by atoms with Gasteiger partial charge in [-0.05, 0) is 25.8 Å². The SMILES string of the molecule is CCOC1CCN(C(=NC)NCc2ccccc2OC(F)(F)F)CC1. The standard InChI is InChI=1S/C17H24F3N3O2/c1-3-24-14-8-10-23(11-9-14)16(21-2)22-12-13-6-4-5-7-15(13)25-17(18,19)20/h4-7,14H,3,8-12H2,1-2H3,(H,21,22). The lowest BCUT2D eigenvalue weighted by Gasteiger charge is -2.34. The lowest BCUT2D eigenvalue weighted by molar-refractivity contribution is -0.274. The maximum atomic E-state index is 12.5. The first-order chi connectivity index (χ1) is 11.9. The summed E-state index contributed by atoms with van der Waals surface area (Å²) in [5, 5.41) is 3.12. The molecule has 140 valence electrons. The first kappa shape index (κ1) is 19.4. The fourth-order valence-corrected chi connectivity index (χ4v) is 2.85. The molecule has 1 saturated heterocycles. The number of halogens is 3. The Bertz CT molecular complexity index is 571. The van der Waals surface area contributed by atoms with E-state index in [4.69, 9.17) is 4.74 Å². The molecular formula is C17H24F3N3O2. The van der Waals surface area contributed by atoms with Crippen molar-refractivity contribution in [3.63, 3.8) is 0 Å². The average Bonchev–Trinajstić information content (AvgIpc) is 2.57. The zero-order chi connectivity index (χ0) is 18.3. The highest BCUT2D eigenvalue weighted by Crippen LogP contribution is 2.26. The van der Waals surface area contributed by atoms with Crippen LogP contribution in [0.1, 0.15) is 25.3 Å². The van der Waals surface area contributed by atoms with E-state index in [1.165, 1.54) is 12.1 Å². The molecule has 1 N–H and O–H groups in total. The summed E-state index contributed by atoms with van der Waals surface area (Å²) < 4.78 is 47.2. The van der Waals surface area contributed by atoms with Crippen LogP contribution in [0, 0.1) is 0 Å². The Hall–Kier alpha value is -1.96. The first-order valence-electron chi connectivity index (χ1n) is 8.33. The number of hydrogen-bond donors (Lipinski definition) is 1. The lowest BCUT2D eigenvalue weighted by atomic mass is 10.1. The van der Waals surface area contributed by atoms with Gasteiger partial charge in [-0.15, -0.1) is 13.2 Å². The number of nitrogens with zero attached hydrogens (tertiary/aromatic N) is 2. The molecule has 1 aromatic rings. The van der Waals surface area contributed by atoms with E-state index in [0.717, 1.165) is 25.9 Å². The number of nitrogens with one attached hydrogen (secondary N) is 1. The van der Waals surface area contributed by atoms with Gasteiger partial charge in [-0.2, -0.15) is 0 Å². The Kier molecular flexibility index (Phi) is 6.92. The number of ether oxygens (including phenoxy) is 2. The van der Waals surface area contributed by atoms with Crippen LogP contribution in [0.5, 0.6) is 5.75 Å². The summed E-state index contributed by atoms with van der Waals surface area (Å²) in [5.41, 5.74) is 0.421. The molecule has 1 heterocycles. The van der Waals surface area contributed by atoms with Crippen molar-refractivity contribution in [1.29, 1.82) is 0 Å². The van der Waals surface area contributed by atoms with Crippen molar-refractivity contribution in [3.8, 4) is 5.75 Å². The number of aliphatic imine (C=N–C) groups is 1. The van der Waals surface area contributed by atoms with Crippen molar-refractivity contribution in [2.45, 2.75) is 38.8 Å². The summed E-state index contributed by atoms with van der Waals surface area (Å²) in [6.07, 6.45) is -2.64. The van der Waals surface area contributed by atoms with Crippen LogP contribution in [0.4, 0.5) is 13.2 Å². The minimum atomic E-state index is -4.71. The molecule has 1 fully saturated rings. The van der Waals surface area contributed by atoms with E-state index in [1.807, 2.05) is 6.92 Å². The minimum absolute atomic E-state index is 0.199. The van der Waals surface area contributed by atoms with Gasteiger partial charge in [0.05, 0.1) is 6.10 Å². The van der Waals surface area contributed by atoms with Gasteiger partial charge in [0.1, 0.15) is 5.75 Å². The molecule has 0 saturated carbocycles. The highest BCUT2D eigenvalue weighted by atomic mass is 19.4. The van der Waals surface area contributed by atoms with E-state index in [-0.39, 0.29) is 18.4 Å². The molecule has 0 unspecified atom stereocenters. The van der Waals surface area contributed by atoms with Crippen LogP contribution in [-0.4, -0.2) is 50.1 Å². The molecule has 0 aliphatic carbocycles. The second kappa shape index (κ2) is 8.94. The maximum absolute atomic E-state index is 12.5. The Balaban J connectivity index is 1.94.